The Labute approximate surface area is 111 Å². The van der Waals surface area contributed by atoms with Crippen molar-refractivity contribution in [2.75, 3.05) is 6.07 Å². The minimum atomic E-state index is -0.402. The van der Waals surface area contributed by atoms with Gasteiger partial charge in [0.25, 0.3) is 0 Å². The van der Waals surface area contributed by atoms with Crippen molar-refractivity contribution < 1.29 is 19.1 Å². The Morgan fingerprint density at radius 2 is 1.61 bits per heavy atom. The molecule has 0 atom stereocenters. The molecular formula is C13H15ClO4. The molecule has 1 rings (SSSR count). The molecule has 1 aromatic carbocycles. The van der Waals surface area contributed by atoms with Crippen LogP contribution in [0.1, 0.15) is 24.8 Å². The summed E-state index contributed by atoms with van der Waals surface area (Å²) in [6.45, 7) is 0.256. The maximum Gasteiger partial charge on any atom is 0.306 e. The number of rotatable bonds is 7. The molecule has 0 saturated heterocycles. The molecule has 0 aromatic heterocycles. The molecule has 0 heterocycles. The molecule has 0 amide bonds. The number of ether oxygens (including phenoxy) is 2. The molecule has 1 aromatic rings. The molecule has 5 heteroatoms. The Kier molecular flexibility index (Phi) is 6.87. The minimum absolute atomic E-state index is 0.155. The van der Waals surface area contributed by atoms with Crippen molar-refractivity contribution in [3.05, 3.63) is 35.9 Å². The van der Waals surface area contributed by atoms with Crippen molar-refractivity contribution in [3.8, 4) is 0 Å². The van der Waals surface area contributed by atoms with E-state index in [9.17, 15) is 9.59 Å². The number of esters is 2. The van der Waals surface area contributed by atoms with Gasteiger partial charge in [0.1, 0.15) is 6.61 Å². The van der Waals surface area contributed by atoms with Crippen LogP contribution in [-0.4, -0.2) is 18.0 Å². The van der Waals surface area contributed by atoms with Crippen LogP contribution in [0.3, 0.4) is 0 Å². The SMILES string of the molecule is O=C(CCCC(=O)OCc1ccccc1)OCCl. The van der Waals surface area contributed by atoms with Crippen molar-refractivity contribution in [3.63, 3.8) is 0 Å². The van der Waals surface area contributed by atoms with Gasteiger partial charge >= 0.3 is 11.9 Å². The van der Waals surface area contributed by atoms with E-state index in [2.05, 4.69) is 4.74 Å². The van der Waals surface area contributed by atoms with Crippen LogP contribution in [0.4, 0.5) is 0 Å². The Morgan fingerprint density at radius 3 is 2.22 bits per heavy atom. The monoisotopic (exact) mass is 270 g/mol. The number of alkyl halides is 1. The molecule has 0 unspecified atom stereocenters. The van der Waals surface area contributed by atoms with Gasteiger partial charge in [0.2, 0.25) is 0 Å². The fraction of sp³-hybridized carbons (Fsp3) is 0.385. The largest absolute Gasteiger partial charge is 0.461 e. The number of halogens is 1. The van der Waals surface area contributed by atoms with E-state index in [-0.39, 0.29) is 31.5 Å². The van der Waals surface area contributed by atoms with E-state index in [4.69, 9.17) is 16.3 Å². The summed E-state index contributed by atoms with van der Waals surface area (Å²) in [5.74, 6) is -0.724. The normalized spacial score (nSPS) is 9.83. The van der Waals surface area contributed by atoms with Gasteiger partial charge in [-0.15, -0.1) is 0 Å². The quantitative estimate of drug-likeness (QED) is 0.565. The summed E-state index contributed by atoms with van der Waals surface area (Å²) < 4.78 is 9.58. The zero-order chi connectivity index (χ0) is 13.2. The average Bonchev–Trinajstić information content (AvgIpc) is 2.38. The summed E-state index contributed by atoms with van der Waals surface area (Å²) in [6.07, 6.45) is 0.778. The highest BCUT2D eigenvalue weighted by atomic mass is 35.5. The molecule has 0 aliphatic heterocycles. The van der Waals surface area contributed by atoms with Gasteiger partial charge in [0, 0.05) is 12.8 Å². The van der Waals surface area contributed by atoms with Gasteiger partial charge in [-0.25, -0.2) is 0 Å². The second kappa shape index (κ2) is 8.53. The number of carbonyl (C=O) groups excluding carboxylic acids is 2. The van der Waals surface area contributed by atoms with E-state index >= 15 is 0 Å². The van der Waals surface area contributed by atoms with Crippen molar-refractivity contribution in [1.82, 2.24) is 0 Å². The van der Waals surface area contributed by atoms with E-state index in [0.29, 0.717) is 6.42 Å². The Morgan fingerprint density at radius 1 is 1.00 bits per heavy atom. The third-order valence-corrected chi connectivity index (χ3v) is 2.33. The lowest BCUT2D eigenvalue weighted by Gasteiger charge is -2.04. The van der Waals surface area contributed by atoms with E-state index in [1.807, 2.05) is 30.3 Å². The molecule has 4 nitrogen and oxygen atoms in total. The first-order chi connectivity index (χ1) is 8.72. The fourth-order valence-corrected chi connectivity index (χ4v) is 1.44. The van der Waals surface area contributed by atoms with Crippen molar-refractivity contribution in [1.29, 1.82) is 0 Å². The first kappa shape index (κ1) is 14.5. The molecule has 0 bridgehead atoms. The molecule has 0 N–H and O–H groups in total. The maximum absolute atomic E-state index is 11.4. The molecule has 0 radical (unpaired) electrons. The van der Waals surface area contributed by atoms with Crippen molar-refractivity contribution in [2.24, 2.45) is 0 Å². The molecule has 0 spiro atoms. The highest BCUT2D eigenvalue weighted by molar-refractivity contribution is 6.17. The number of hydrogen-bond donors (Lipinski definition) is 0. The molecule has 18 heavy (non-hydrogen) atoms. The predicted octanol–water partition coefficient (Wildman–Crippen LogP) is 2.64. The molecule has 0 fully saturated rings. The average molecular weight is 271 g/mol. The van der Waals surface area contributed by atoms with Crippen LogP contribution in [0.5, 0.6) is 0 Å². The van der Waals surface area contributed by atoms with Gasteiger partial charge in [-0.05, 0) is 12.0 Å². The van der Waals surface area contributed by atoms with Crippen LogP contribution < -0.4 is 0 Å². The first-order valence-corrected chi connectivity index (χ1v) is 6.17. The molecule has 0 aliphatic rings. The van der Waals surface area contributed by atoms with Crippen LogP contribution in [-0.2, 0) is 25.7 Å². The summed E-state index contributed by atoms with van der Waals surface area (Å²) >= 11 is 5.22. The summed E-state index contributed by atoms with van der Waals surface area (Å²) in [7, 11) is 0. The zero-order valence-electron chi connectivity index (χ0n) is 9.93. The highest BCUT2D eigenvalue weighted by Gasteiger charge is 2.07. The number of carbonyl (C=O) groups is 2. The summed E-state index contributed by atoms with van der Waals surface area (Å²) in [4.78, 5) is 22.3. The molecule has 98 valence electrons. The fourth-order valence-electron chi connectivity index (χ4n) is 1.32. The van der Waals surface area contributed by atoms with E-state index in [0.717, 1.165) is 5.56 Å². The van der Waals surface area contributed by atoms with E-state index < -0.39 is 5.97 Å². The van der Waals surface area contributed by atoms with E-state index in [1.54, 1.807) is 0 Å². The lowest BCUT2D eigenvalue weighted by atomic mass is 10.2. The topological polar surface area (TPSA) is 52.6 Å². The molecular weight excluding hydrogens is 256 g/mol. The second-order valence-electron chi connectivity index (χ2n) is 3.63. The van der Waals surface area contributed by atoms with Crippen molar-refractivity contribution in [2.45, 2.75) is 25.9 Å². The first-order valence-electron chi connectivity index (χ1n) is 5.63. The number of hydrogen-bond acceptors (Lipinski definition) is 4. The Hall–Kier alpha value is -1.55. The van der Waals surface area contributed by atoms with Crippen molar-refractivity contribution >= 4 is 23.5 Å². The third kappa shape index (κ3) is 6.25. The summed E-state index contributed by atoms with van der Waals surface area (Å²) in [5.41, 5.74) is 0.937. The van der Waals surface area contributed by atoms with Gasteiger partial charge < -0.3 is 9.47 Å². The van der Waals surface area contributed by atoms with Gasteiger partial charge in [-0.1, -0.05) is 41.9 Å². The van der Waals surface area contributed by atoms with Crippen LogP contribution in [0, 0.1) is 0 Å². The van der Waals surface area contributed by atoms with Crippen LogP contribution in [0.2, 0.25) is 0 Å². The standard InChI is InChI=1S/C13H15ClO4/c14-10-18-13(16)8-4-7-12(15)17-9-11-5-2-1-3-6-11/h1-3,5-6H,4,7-10H2. The third-order valence-electron chi connectivity index (χ3n) is 2.22. The maximum atomic E-state index is 11.4. The van der Waals surface area contributed by atoms with Gasteiger partial charge in [0.05, 0.1) is 0 Å². The molecule has 0 aliphatic carbocycles. The summed E-state index contributed by atoms with van der Waals surface area (Å²) in [6, 6.07) is 9.26. The Balaban J connectivity index is 2.13. The smallest absolute Gasteiger partial charge is 0.306 e. The second-order valence-corrected chi connectivity index (χ2v) is 3.84. The predicted molar refractivity (Wildman–Crippen MR) is 66.9 cm³/mol. The van der Waals surface area contributed by atoms with Gasteiger partial charge in [0.15, 0.2) is 6.07 Å². The van der Waals surface area contributed by atoms with Crippen LogP contribution >= 0.6 is 11.6 Å². The van der Waals surface area contributed by atoms with E-state index in [1.165, 1.54) is 0 Å². The highest BCUT2D eigenvalue weighted by Crippen LogP contribution is 2.04. The van der Waals surface area contributed by atoms with Crippen LogP contribution in [0.15, 0.2) is 30.3 Å². The minimum Gasteiger partial charge on any atom is -0.461 e. The lowest BCUT2D eigenvalue weighted by Crippen LogP contribution is -2.07. The van der Waals surface area contributed by atoms with Gasteiger partial charge in [-0.2, -0.15) is 0 Å². The lowest BCUT2D eigenvalue weighted by molar-refractivity contribution is -0.145. The summed E-state index contributed by atoms with van der Waals surface area (Å²) in [5, 5.41) is 0. The number of benzene rings is 1. The molecule has 0 saturated carbocycles. The zero-order valence-corrected chi connectivity index (χ0v) is 10.7. The Bertz CT molecular complexity index is 378. The van der Waals surface area contributed by atoms with Gasteiger partial charge in [-0.3, -0.25) is 9.59 Å². The van der Waals surface area contributed by atoms with Crippen LogP contribution in [0.25, 0.3) is 0 Å².